The predicted molar refractivity (Wildman–Crippen MR) is 76.9 cm³/mol. The highest BCUT2D eigenvalue weighted by atomic mass is 15.2. The van der Waals surface area contributed by atoms with Gasteiger partial charge in [0.2, 0.25) is 0 Å². The lowest BCUT2D eigenvalue weighted by Crippen LogP contribution is -2.30. The molecule has 0 fully saturated rings. The first-order valence-corrected chi connectivity index (χ1v) is 6.69. The van der Waals surface area contributed by atoms with E-state index in [1.807, 2.05) is 12.4 Å². The molecule has 0 aliphatic rings. The molecule has 3 nitrogen and oxygen atoms in total. The summed E-state index contributed by atoms with van der Waals surface area (Å²) in [6.45, 7) is 11.2. The molecule has 2 unspecified atom stereocenters. The number of nitrogens with one attached hydrogen (secondary N) is 1. The molecule has 2 atom stereocenters. The summed E-state index contributed by atoms with van der Waals surface area (Å²) in [5.74, 6) is 6.32. The molecule has 0 aliphatic heterocycles. The van der Waals surface area contributed by atoms with Crippen molar-refractivity contribution in [2.75, 3.05) is 0 Å². The Hall–Kier alpha value is -0.930. The second-order valence-corrected chi connectivity index (χ2v) is 6.62. The molecule has 1 rings (SSSR count). The van der Waals surface area contributed by atoms with Crippen molar-refractivity contribution < 1.29 is 0 Å². The van der Waals surface area contributed by atoms with Crippen molar-refractivity contribution in [3.05, 3.63) is 29.6 Å². The zero-order chi connectivity index (χ0) is 13.8. The molecule has 0 saturated heterocycles. The van der Waals surface area contributed by atoms with Crippen LogP contribution in [0.2, 0.25) is 0 Å². The van der Waals surface area contributed by atoms with Crippen LogP contribution in [0.4, 0.5) is 0 Å². The number of nitrogens with two attached hydrogens (primary N) is 1. The molecular formula is C15H27N3. The molecule has 0 aliphatic carbocycles. The van der Waals surface area contributed by atoms with Crippen LogP contribution in [0.5, 0.6) is 0 Å². The molecular weight excluding hydrogens is 222 g/mol. The van der Waals surface area contributed by atoms with E-state index in [1.54, 1.807) is 0 Å². The van der Waals surface area contributed by atoms with Gasteiger partial charge in [0, 0.05) is 18.4 Å². The van der Waals surface area contributed by atoms with E-state index in [9.17, 15) is 0 Å². The van der Waals surface area contributed by atoms with E-state index in [1.165, 1.54) is 17.5 Å². The average Bonchev–Trinajstić information content (AvgIpc) is 2.23. The van der Waals surface area contributed by atoms with Crippen molar-refractivity contribution in [1.29, 1.82) is 0 Å². The van der Waals surface area contributed by atoms with E-state index in [0.717, 1.165) is 6.42 Å². The highest BCUT2D eigenvalue weighted by Crippen LogP contribution is 2.30. The molecule has 3 N–H and O–H groups in total. The molecule has 0 bridgehead atoms. The van der Waals surface area contributed by atoms with Crippen molar-refractivity contribution in [2.24, 2.45) is 17.2 Å². The standard InChI is InChI=1S/C15H27N3/c1-11(8-15(3,4)5)7-14(18-16)13-6-12(2)9-17-10-13/h6,9-11,14,18H,7-8,16H2,1-5H3. The predicted octanol–water partition coefficient (Wildman–Crippen LogP) is 3.36. The van der Waals surface area contributed by atoms with Crippen molar-refractivity contribution in [2.45, 2.75) is 53.5 Å². The maximum atomic E-state index is 5.69. The number of hydrogen-bond acceptors (Lipinski definition) is 3. The van der Waals surface area contributed by atoms with E-state index < -0.39 is 0 Å². The summed E-state index contributed by atoms with van der Waals surface area (Å²) >= 11 is 0. The van der Waals surface area contributed by atoms with Crippen LogP contribution in [-0.2, 0) is 0 Å². The van der Waals surface area contributed by atoms with E-state index in [2.05, 4.69) is 51.1 Å². The first kappa shape index (κ1) is 15.1. The third-order valence-corrected chi connectivity index (χ3v) is 3.10. The third-order valence-electron chi connectivity index (χ3n) is 3.10. The van der Waals surface area contributed by atoms with Gasteiger partial charge in [-0.2, -0.15) is 0 Å². The first-order chi connectivity index (χ1) is 8.31. The lowest BCUT2D eigenvalue weighted by molar-refractivity contribution is 0.276. The lowest BCUT2D eigenvalue weighted by Gasteiger charge is -2.26. The summed E-state index contributed by atoms with van der Waals surface area (Å²) in [6.07, 6.45) is 6.01. The van der Waals surface area contributed by atoms with Crippen LogP contribution < -0.4 is 11.3 Å². The third kappa shape index (κ3) is 5.15. The van der Waals surface area contributed by atoms with Crippen molar-refractivity contribution in [3.63, 3.8) is 0 Å². The summed E-state index contributed by atoms with van der Waals surface area (Å²) in [6, 6.07) is 2.34. The van der Waals surface area contributed by atoms with Crippen LogP contribution in [-0.4, -0.2) is 4.98 Å². The molecule has 18 heavy (non-hydrogen) atoms. The smallest absolute Gasteiger partial charge is 0.0477 e. The van der Waals surface area contributed by atoms with Gasteiger partial charge in [0.05, 0.1) is 0 Å². The van der Waals surface area contributed by atoms with Crippen molar-refractivity contribution in [1.82, 2.24) is 10.4 Å². The Morgan fingerprint density at radius 1 is 1.33 bits per heavy atom. The molecule has 1 heterocycles. The maximum Gasteiger partial charge on any atom is 0.0477 e. The normalized spacial score (nSPS) is 15.4. The van der Waals surface area contributed by atoms with Gasteiger partial charge in [-0.15, -0.1) is 0 Å². The molecule has 102 valence electrons. The van der Waals surface area contributed by atoms with Gasteiger partial charge in [0.1, 0.15) is 0 Å². The SMILES string of the molecule is Cc1cncc(C(CC(C)CC(C)(C)C)NN)c1. The highest BCUT2D eigenvalue weighted by molar-refractivity contribution is 5.20. The summed E-state index contributed by atoms with van der Waals surface area (Å²) in [5, 5.41) is 0. The second kappa shape index (κ2) is 6.30. The van der Waals surface area contributed by atoms with Gasteiger partial charge in [-0.05, 0) is 42.2 Å². The molecule has 0 spiro atoms. The molecule has 0 saturated carbocycles. The van der Waals surface area contributed by atoms with Gasteiger partial charge in [-0.1, -0.05) is 33.8 Å². The Bertz CT molecular complexity index is 368. The van der Waals surface area contributed by atoms with Crippen molar-refractivity contribution >= 4 is 0 Å². The number of hydrogen-bond donors (Lipinski definition) is 2. The van der Waals surface area contributed by atoms with E-state index >= 15 is 0 Å². The highest BCUT2D eigenvalue weighted by Gasteiger charge is 2.19. The Labute approximate surface area is 111 Å². The minimum Gasteiger partial charge on any atom is -0.271 e. The monoisotopic (exact) mass is 249 g/mol. The zero-order valence-electron chi connectivity index (χ0n) is 12.3. The number of rotatable bonds is 5. The van der Waals surface area contributed by atoms with Crippen LogP contribution in [0.15, 0.2) is 18.5 Å². The van der Waals surface area contributed by atoms with Gasteiger partial charge in [0.15, 0.2) is 0 Å². The summed E-state index contributed by atoms with van der Waals surface area (Å²) in [5.41, 5.74) is 5.64. The van der Waals surface area contributed by atoms with E-state index in [4.69, 9.17) is 5.84 Å². The zero-order valence-corrected chi connectivity index (χ0v) is 12.3. The largest absolute Gasteiger partial charge is 0.271 e. The number of aryl methyl sites for hydroxylation is 1. The van der Waals surface area contributed by atoms with Crippen molar-refractivity contribution in [3.8, 4) is 0 Å². The maximum absolute atomic E-state index is 5.69. The number of hydrazine groups is 1. The molecule has 0 aromatic carbocycles. The van der Waals surface area contributed by atoms with Gasteiger partial charge in [0.25, 0.3) is 0 Å². The fourth-order valence-electron chi connectivity index (χ4n) is 2.60. The lowest BCUT2D eigenvalue weighted by atomic mass is 9.82. The number of nitrogens with zero attached hydrogens (tertiary/aromatic N) is 1. The first-order valence-electron chi connectivity index (χ1n) is 6.69. The number of aromatic nitrogens is 1. The molecule has 0 amide bonds. The summed E-state index contributed by atoms with van der Waals surface area (Å²) in [4.78, 5) is 4.24. The quantitative estimate of drug-likeness (QED) is 0.621. The van der Waals surface area contributed by atoms with Gasteiger partial charge >= 0.3 is 0 Å². The van der Waals surface area contributed by atoms with Crippen LogP contribution in [0.3, 0.4) is 0 Å². The van der Waals surface area contributed by atoms with Gasteiger partial charge < -0.3 is 0 Å². The Morgan fingerprint density at radius 3 is 2.50 bits per heavy atom. The molecule has 3 heteroatoms. The average molecular weight is 249 g/mol. The Kier molecular flexibility index (Phi) is 5.29. The fraction of sp³-hybridized carbons (Fsp3) is 0.667. The molecule has 0 radical (unpaired) electrons. The fourth-order valence-corrected chi connectivity index (χ4v) is 2.60. The summed E-state index contributed by atoms with van der Waals surface area (Å²) in [7, 11) is 0. The summed E-state index contributed by atoms with van der Waals surface area (Å²) < 4.78 is 0. The molecule has 1 aromatic heterocycles. The number of pyridine rings is 1. The topological polar surface area (TPSA) is 50.9 Å². The Morgan fingerprint density at radius 2 is 2.00 bits per heavy atom. The minimum absolute atomic E-state index is 0.190. The van der Waals surface area contributed by atoms with Crippen LogP contribution >= 0.6 is 0 Å². The van der Waals surface area contributed by atoms with Crippen LogP contribution in [0.1, 0.15) is 57.7 Å². The van der Waals surface area contributed by atoms with Crippen LogP contribution in [0, 0.1) is 18.3 Å². The van der Waals surface area contributed by atoms with Crippen LogP contribution in [0.25, 0.3) is 0 Å². The second-order valence-electron chi connectivity index (χ2n) is 6.62. The molecule has 1 aromatic rings. The Balaban J connectivity index is 2.67. The van der Waals surface area contributed by atoms with E-state index in [-0.39, 0.29) is 6.04 Å². The minimum atomic E-state index is 0.190. The van der Waals surface area contributed by atoms with E-state index in [0.29, 0.717) is 11.3 Å². The van der Waals surface area contributed by atoms with Gasteiger partial charge in [-0.3, -0.25) is 16.3 Å². The van der Waals surface area contributed by atoms with Gasteiger partial charge in [-0.25, -0.2) is 0 Å².